The van der Waals surface area contributed by atoms with E-state index in [-0.39, 0.29) is 5.91 Å². The van der Waals surface area contributed by atoms with Gasteiger partial charge in [-0.05, 0) is 25.8 Å². The number of nitrogens with zero attached hydrogens (tertiary/aromatic N) is 2. The minimum absolute atomic E-state index is 0.193. The number of carbonyl (C=O) groups excluding carboxylic acids is 1. The van der Waals surface area contributed by atoms with E-state index < -0.39 is 0 Å². The van der Waals surface area contributed by atoms with Crippen LogP contribution in [-0.4, -0.2) is 48.4 Å². The van der Waals surface area contributed by atoms with Crippen LogP contribution in [0.25, 0.3) is 0 Å². The van der Waals surface area contributed by atoms with Gasteiger partial charge in [0.05, 0.1) is 0 Å². The van der Waals surface area contributed by atoms with Gasteiger partial charge in [-0.15, -0.1) is 0 Å². The maximum Gasteiger partial charge on any atom is 0.219 e. The minimum Gasteiger partial charge on any atom is -0.343 e. The van der Waals surface area contributed by atoms with Crippen LogP contribution in [0.3, 0.4) is 0 Å². The fraction of sp³-hybridized carbons (Fsp3) is 0.909. The van der Waals surface area contributed by atoms with Crippen LogP contribution in [-0.2, 0) is 4.79 Å². The van der Waals surface area contributed by atoms with Crippen molar-refractivity contribution in [1.29, 1.82) is 0 Å². The van der Waals surface area contributed by atoms with Crippen molar-refractivity contribution in [3.8, 4) is 0 Å². The molecule has 1 aliphatic heterocycles. The summed E-state index contributed by atoms with van der Waals surface area (Å²) in [5.41, 5.74) is 0. The van der Waals surface area contributed by atoms with Crippen LogP contribution in [0.15, 0.2) is 0 Å². The van der Waals surface area contributed by atoms with Crippen LogP contribution < -0.4 is 0 Å². The van der Waals surface area contributed by atoms with E-state index in [4.69, 9.17) is 0 Å². The van der Waals surface area contributed by atoms with Gasteiger partial charge in [0.25, 0.3) is 0 Å². The third-order valence-electron chi connectivity index (χ3n) is 3.14. The Bertz CT molecular complexity index is 186. The fourth-order valence-electron chi connectivity index (χ4n) is 2.10. The molecule has 0 aromatic rings. The number of piperidine rings is 1. The Morgan fingerprint density at radius 3 is 2.43 bits per heavy atom. The van der Waals surface area contributed by atoms with Gasteiger partial charge in [-0.1, -0.05) is 6.92 Å². The highest BCUT2D eigenvalue weighted by Gasteiger charge is 2.22. The summed E-state index contributed by atoms with van der Waals surface area (Å²) < 4.78 is 0. The molecule has 0 saturated carbocycles. The quantitative estimate of drug-likeness (QED) is 0.683. The van der Waals surface area contributed by atoms with E-state index in [2.05, 4.69) is 11.8 Å². The molecule has 3 heteroatoms. The summed E-state index contributed by atoms with van der Waals surface area (Å²) in [6, 6.07) is 0.473. The van der Waals surface area contributed by atoms with Crippen molar-refractivity contribution in [3.63, 3.8) is 0 Å². The second-order valence-corrected chi connectivity index (χ2v) is 4.20. The number of carbonyl (C=O) groups is 1. The van der Waals surface area contributed by atoms with Gasteiger partial charge >= 0.3 is 0 Å². The molecule has 1 rings (SSSR count). The summed E-state index contributed by atoms with van der Waals surface area (Å²) in [4.78, 5) is 15.5. The Hall–Kier alpha value is -0.570. The average molecular weight is 198 g/mol. The molecule has 0 atom stereocenters. The predicted molar refractivity (Wildman–Crippen MR) is 58.2 cm³/mol. The summed E-state index contributed by atoms with van der Waals surface area (Å²) in [7, 11) is 1.92. The van der Waals surface area contributed by atoms with E-state index in [0.29, 0.717) is 6.04 Å². The van der Waals surface area contributed by atoms with Crippen molar-refractivity contribution >= 4 is 5.91 Å². The molecule has 1 fully saturated rings. The monoisotopic (exact) mass is 198 g/mol. The molecule has 0 bridgehead atoms. The lowest BCUT2D eigenvalue weighted by molar-refractivity contribution is -0.130. The van der Waals surface area contributed by atoms with Crippen molar-refractivity contribution < 1.29 is 4.79 Å². The molecule has 0 unspecified atom stereocenters. The van der Waals surface area contributed by atoms with Gasteiger partial charge in [0.15, 0.2) is 0 Å². The molecule has 0 aliphatic carbocycles. The molecule has 3 nitrogen and oxygen atoms in total. The predicted octanol–water partition coefficient (Wildman–Crippen LogP) is 1.34. The van der Waals surface area contributed by atoms with Crippen molar-refractivity contribution in [2.75, 3.05) is 26.7 Å². The second kappa shape index (κ2) is 5.35. The molecule has 0 aromatic heterocycles. The van der Waals surface area contributed by atoms with E-state index in [1.807, 2.05) is 11.9 Å². The molecule has 1 aliphatic rings. The Labute approximate surface area is 87.1 Å². The van der Waals surface area contributed by atoms with Crippen molar-refractivity contribution in [2.24, 2.45) is 0 Å². The molecular formula is C11H22N2O. The average Bonchev–Trinajstić information content (AvgIpc) is 2.18. The Morgan fingerprint density at radius 2 is 2.00 bits per heavy atom. The fourth-order valence-corrected chi connectivity index (χ4v) is 2.10. The van der Waals surface area contributed by atoms with E-state index in [1.54, 1.807) is 6.92 Å². The third-order valence-corrected chi connectivity index (χ3v) is 3.14. The summed E-state index contributed by atoms with van der Waals surface area (Å²) >= 11 is 0. The largest absolute Gasteiger partial charge is 0.343 e. The van der Waals surface area contributed by atoms with Gasteiger partial charge < -0.3 is 9.80 Å². The highest BCUT2D eigenvalue weighted by atomic mass is 16.2. The molecule has 0 N–H and O–H groups in total. The first-order chi connectivity index (χ1) is 6.65. The molecule has 1 saturated heterocycles. The van der Waals surface area contributed by atoms with Gasteiger partial charge in [0.2, 0.25) is 5.91 Å². The Balaban J connectivity index is 2.31. The third kappa shape index (κ3) is 2.98. The minimum atomic E-state index is 0.193. The maximum absolute atomic E-state index is 11.2. The van der Waals surface area contributed by atoms with Crippen LogP contribution in [0, 0.1) is 0 Å². The molecule has 14 heavy (non-hydrogen) atoms. The highest BCUT2D eigenvalue weighted by molar-refractivity contribution is 5.73. The molecule has 1 amide bonds. The summed E-state index contributed by atoms with van der Waals surface area (Å²) in [6.07, 6.45) is 3.50. The first-order valence-corrected chi connectivity index (χ1v) is 5.61. The standard InChI is InChI=1S/C11H22N2O/c1-4-7-13-8-5-11(6-9-13)12(3)10(2)14/h11H,4-9H2,1-3H3. The lowest BCUT2D eigenvalue weighted by atomic mass is 10.0. The lowest BCUT2D eigenvalue weighted by Crippen LogP contribution is -2.45. The summed E-state index contributed by atoms with van der Waals surface area (Å²) in [5, 5.41) is 0. The topological polar surface area (TPSA) is 23.6 Å². The smallest absolute Gasteiger partial charge is 0.219 e. The van der Waals surface area contributed by atoms with Gasteiger partial charge in [0.1, 0.15) is 0 Å². The molecule has 0 aromatic carbocycles. The second-order valence-electron chi connectivity index (χ2n) is 4.20. The SMILES string of the molecule is CCCN1CCC(N(C)C(C)=O)CC1. The zero-order chi connectivity index (χ0) is 10.6. The van der Waals surface area contributed by atoms with E-state index in [0.717, 1.165) is 25.9 Å². The number of likely N-dealkylation sites (tertiary alicyclic amines) is 1. The summed E-state index contributed by atoms with van der Waals surface area (Å²) in [6.45, 7) is 7.37. The van der Waals surface area contributed by atoms with Crippen LogP contribution in [0.1, 0.15) is 33.1 Å². The molecular weight excluding hydrogens is 176 g/mol. The number of amides is 1. The zero-order valence-electron chi connectivity index (χ0n) is 9.62. The van der Waals surface area contributed by atoms with Gasteiger partial charge in [-0.25, -0.2) is 0 Å². The van der Waals surface area contributed by atoms with E-state index >= 15 is 0 Å². The van der Waals surface area contributed by atoms with Gasteiger partial charge in [-0.2, -0.15) is 0 Å². The first-order valence-electron chi connectivity index (χ1n) is 5.61. The maximum atomic E-state index is 11.2. The van der Waals surface area contributed by atoms with E-state index in [9.17, 15) is 4.79 Å². The molecule has 0 spiro atoms. The Kier molecular flexibility index (Phi) is 4.39. The number of hydrogen-bond donors (Lipinski definition) is 0. The molecule has 0 radical (unpaired) electrons. The van der Waals surface area contributed by atoms with E-state index in [1.165, 1.54) is 13.0 Å². The van der Waals surface area contributed by atoms with Crippen LogP contribution >= 0.6 is 0 Å². The zero-order valence-corrected chi connectivity index (χ0v) is 9.62. The van der Waals surface area contributed by atoms with Crippen molar-refractivity contribution in [1.82, 2.24) is 9.80 Å². The van der Waals surface area contributed by atoms with Gasteiger partial charge in [-0.3, -0.25) is 4.79 Å². The van der Waals surface area contributed by atoms with Crippen LogP contribution in [0.2, 0.25) is 0 Å². The highest BCUT2D eigenvalue weighted by Crippen LogP contribution is 2.15. The molecule has 1 heterocycles. The number of rotatable bonds is 3. The van der Waals surface area contributed by atoms with Crippen molar-refractivity contribution in [3.05, 3.63) is 0 Å². The van der Waals surface area contributed by atoms with Crippen molar-refractivity contribution in [2.45, 2.75) is 39.2 Å². The lowest BCUT2D eigenvalue weighted by Gasteiger charge is -2.36. The van der Waals surface area contributed by atoms with Gasteiger partial charge in [0, 0.05) is 33.1 Å². The van der Waals surface area contributed by atoms with Crippen LogP contribution in [0.5, 0.6) is 0 Å². The first kappa shape index (κ1) is 11.5. The summed E-state index contributed by atoms with van der Waals surface area (Å²) in [5.74, 6) is 0.193. The molecule has 82 valence electrons. The van der Waals surface area contributed by atoms with Crippen LogP contribution in [0.4, 0.5) is 0 Å². The Morgan fingerprint density at radius 1 is 1.43 bits per heavy atom. The normalized spacial score (nSPS) is 19.6. The number of hydrogen-bond acceptors (Lipinski definition) is 2.